The molecule has 1 aliphatic rings. The van der Waals surface area contributed by atoms with Crippen LogP contribution in [0, 0.1) is 0 Å². The number of nitrogens with one attached hydrogen (secondary N) is 1. The van der Waals surface area contributed by atoms with Gasteiger partial charge < -0.3 is 15.3 Å². The zero-order valence-electron chi connectivity index (χ0n) is 11.3. The number of carboxylic acid groups (broad SMARTS) is 1. The second kappa shape index (κ2) is 6.65. The van der Waals surface area contributed by atoms with Crippen molar-refractivity contribution in [3.05, 3.63) is 29.8 Å². The molecule has 1 aliphatic heterocycles. The third kappa shape index (κ3) is 3.25. The molecule has 0 unspecified atom stereocenters. The molecule has 1 saturated heterocycles. The van der Waals surface area contributed by atoms with Gasteiger partial charge in [-0.2, -0.15) is 0 Å². The van der Waals surface area contributed by atoms with Crippen LogP contribution >= 0.6 is 11.8 Å². The van der Waals surface area contributed by atoms with Crippen LogP contribution in [0.1, 0.15) is 24.4 Å². The molecule has 5 nitrogen and oxygen atoms in total. The molecule has 0 aromatic heterocycles. The Labute approximate surface area is 122 Å². The lowest BCUT2D eigenvalue weighted by molar-refractivity contribution is -0.131. The maximum absolute atomic E-state index is 12.1. The van der Waals surface area contributed by atoms with Crippen molar-refractivity contribution < 1.29 is 14.7 Å². The fourth-order valence-electron chi connectivity index (χ4n) is 2.58. The average molecular weight is 294 g/mol. The summed E-state index contributed by atoms with van der Waals surface area (Å²) in [6.07, 6.45) is 2.73. The van der Waals surface area contributed by atoms with E-state index in [0.29, 0.717) is 6.54 Å². The minimum absolute atomic E-state index is 0.0572. The fourth-order valence-corrected chi connectivity index (χ4v) is 3.24. The fraction of sp³-hybridized carbons (Fsp3) is 0.429. The number of nitrogens with zero attached hydrogens (tertiary/aromatic N) is 1. The number of likely N-dealkylation sites (tertiary alicyclic amines) is 1. The predicted octanol–water partition coefficient (Wildman–Crippen LogP) is 2.34. The summed E-state index contributed by atoms with van der Waals surface area (Å²) in [6.45, 7) is 0.529. The Balaban J connectivity index is 2.14. The summed E-state index contributed by atoms with van der Waals surface area (Å²) >= 11 is 1.67. The van der Waals surface area contributed by atoms with Gasteiger partial charge in [-0.15, -0.1) is 11.8 Å². The first-order chi connectivity index (χ1) is 9.63. The first kappa shape index (κ1) is 14.7. The van der Waals surface area contributed by atoms with Gasteiger partial charge in [0.1, 0.15) is 6.54 Å². The van der Waals surface area contributed by atoms with Crippen LogP contribution in [-0.4, -0.2) is 41.4 Å². The highest BCUT2D eigenvalue weighted by atomic mass is 32.2. The van der Waals surface area contributed by atoms with Crippen LogP contribution in [0.3, 0.4) is 0 Å². The number of rotatable bonds is 4. The van der Waals surface area contributed by atoms with Gasteiger partial charge in [0.2, 0.25) is 5.91 Å². The van der Waals surface area contributed by atoms with Crippen LogP contribution < -0.4 is 5.32 Å². The lowest BCUT2D eigenvalue weighted by Gasteiger charge is -2.26. The molecule has 2 N–H and O–H groups in total. The van der Waals surface area contributed by atoms with Crippen molar-refractivity contribution in [2.75, 3.05) is 19.3 Å². The van der Waals surface area contributed by atoms with Crippen LogP contribution in [-0.2, 0) is 4.79 Å². The lowest BCUT2D eigenvalue weighted by atomic mass is 10.0. The number of carbonyl (C=O) groups excluding carboxylic acids is 1. The molecular weight excluding hydrogens is 276 g/mol. The lowest BCUT2D eigenvalue weighted by Crippen LogP contribution is -2.39. The van der Waals surface area contributed by atoms with Crippen LogP contribution in [0.4, 0.5) is 4.79 Å². The van der Waals surface area contributed by atoms with Gasteiger partial charge in [-0.1, -0.05) is 18.2 Å². The highest BCUT2D eigenvalue weighted by molar-refractivity contribution is 7.98. The van der Waals surface area contributed by atoms with Crippen LogP contribution in [0.2, 0.25) is 0 Å². The van der Waals surface area contributed by atoms with Crippen molar-refractivity contribution in [1.82, 2.24) is 10.2 Å². The molecule has 0 bridgehead atoms. The third-order valence-corrected chi connectivity index (χ3v) is 4.27. The van der Waals surface area contributed by atoms with E-state index in [2.05, 4.69) is 11.4 Å². The molecule has 2 amide bonds. The van der Waals surface area contributed by atoms with Crippen molar-refractivity contribution in [3.8, 4) is 0 Å². The second-order valence-corrected chi connectivity index (χ2v) is 5.49. The van der Waals surface area contributed by atoms with Gasteiger partial charge in [-0.05, 0) is 30.7 Å². The number of benzene rings is 1. The molecule has 1 fully saturated rings. The van der Waals surface area contributed by atoms with E-state index in [1.807, 2.05) is 24.5 Å². The Hall–Kier alpha value is -1.69. The van der Waals surface area contributed by atoms with E-state index in [1.165, 1.54) is 4.90 Å². The number of carbonyl (C=O) groups is 2. The van der Waals surface area contributed by atoms with E-state index < -0.39 is 6.09 Å². The first-order valence-corrected chi connectivity index (χ1v) is 7.75. The summed E-state index contributed by atoms with van der Waals surface area (Å²) in [4.78, 5) is 25.6. The van der Waals surface area contributed by atoms with Gasteiger partial charge in [-0.3, -0.25) is 4.79 Å². The molecule has 0 aliphatic carbocycles. The molecule has 2 rings (SSSR count). The van der Waals surface area contributed by atoms with E-state index in [0.717, 1.165) is 18.4 Å². The smallest absolute Gasteiger partial charge is 0.405 e. The molecule has 0 radical (unpaired) electrons. The van der Waals surface area contributed by atoms with Crippen molar-refractivity contribution >= 4 is 23.8 Å². The molecule has 6 heteroatoms. The van der Waals surface area contributed by atoms with Crippen LogP contribution in [0.15, 0.2) is 29.2 Å². The molecule has 1 aromatic rings. The molecule has 1 atom stereocenters. The first-order valence-electron chi connectivity index (χ1n) is 6.52. The third-order valence-electron chi connectivity index (χ3n) is 3.46. The SMILES string of the molecule is CSc1ccccc1[C@H]1CCCN1C(=O)CNC(=O)O. The van der Waals surface area contributed by atoms with Gasteiger partial charge in [0, 0.05) is 11.4 Å². The Morgan fingerprint density at radius 1 is 1.45 bits per heavy atom. The molecule has 20 heavy (non-hydrogen) atoms. The zero-order chi connectivity index (χ0) is 14.5. The number of hydrogen-bond donors (Lipinski definition) is 2. The molecule has 0 saturated carbocycles. The maximum atomic E-state index is 12.1. The van der Waals surface area contributed by atoms with E-state index in [1.54, 1.807) is 16.7 Å². The van der Waals surface area contributed by atoms with E-state index in [4.69, 9.17) is 5.11 Å². The number of amides is 2. The van der Waals surface area contributed by atoms with E-state index >= 15 is 0 Å². The largest absolute Gasteiger partial charge is 0.465 e. The summed E-state index contributed by atoms with van der Waals surface area (Å²) < 4.78 is 0. The summed E-state index contributed by atoms with van der Waals surface area (Å²) in [5.41, 5.74) is 1.15. The van der Waals surface area contributed by atoms with Gasteiger partial charge >= 0.3 is 6.09 Å². The molecule has 1 heterocycles. The number of hydrogen-bond acceptors (Lipinski definition) is 3. The maximum Gasteiger partial charge on any atom is 0.405 e. The van der Waals surface area contributed by atoms with Gasteiger partial charge in [0.25, 0.3) is 0 Å². The topological polar surface area (TPSA) is 69.6 Å². The van der Waals surface area contributed by atoms with Crippen LogP contribution in [0.25, 0.3) is 0 Å². The Morgan fingerprint density at radius 2 is 2.20 bits per heavy atom. The van der Waals surface area contributed by atoms with Crippen molar-refractivity contribution in [2.24, 2.45) is 0 Å². The Bertz CT molecular complexity index is 507. The minimum atomic E-state index is -1.17. The molecule has 108 valence electrons. The standard InChI is InChI=1S/C14H18N2O3S/c1-20-12-7-3-2-5-10(12)11-6-4-8-16(11)13(17)9-15-14(18)19/h2-3,5,7,11,15H,4,6,8-9H2,1H3,(H,18,19)/t11-/m1/s1. The summed E-state index contributed by atoms with van der Waals surface area (Å²) in [5, 5.41) is 10.7. The zero-order valence-corrected chi connectivity index (χ0v) is 12.2. The van der Waals surface area contributed by atoms with E-state index in [9.17, 15) is 9.59 Å². The van der Waals surface area contributed by atoms with Gasteiger partial charge in [0.05, 0.1) is 6.04 Å². The van der Waals surface area contributed by atoms with Crippen molar-refractivity contribution in [3.63, 3.8) is 0 Å². The van der Waals surface area contributed by atoms with Crippen molar-refractivity contribution in [2.45, 2.75) is 23.8 Å². The summed E-state index contributed by atoms with van der Waals surface area (Å²) in [6, 6.07) is 8.12. The monoisotopic (exact) mass is 294 g/mol. The molecule has 1 aromatic carbocycles. The summed E-state index contributed by atoms with van der Waals surface area (Å²) in [5.74, 6) is -0.161. The second-order valence-electron chi connectivity index (χ2n) is 4.65. The van der Waals surface area contributed by atoms with Crippen molar-refractivity contribution in [1.29, 1.82) is 0 Å². The summed E-state index contributed by atoms with van der Waals surface area (Å²) in [7, 11) is 0. The van der Waals surface area contributed by atoms with Gasteiger partial charge in [0.15, 0.2) is 0 Å². The Kier molecular flexibility index (Phi) is 4.89. The molecular formula is C14H18N2O3S. The Morgan fingerprint density at radius 3 is 2.90 bits per heavy atom. The highest BCUT2D eigenvalue weighted by Crippen LogP contribution is 2.36. The van der Waals surface area contributed by atoms with Gasteiger partial charge in [-0.25, -0.2) is 4.79 Å². The van der Waals surface area contributed by atoms with E-state index in [-0.39, 0.29) is 18.5 Å². The molecule has 0 spiro atoms. The number of thioether (sulfide) groups is 1. The minimum Gasteiger partial charge on any atom is -0.465 e. The normalized spacial score (nSPS) is 18.1. The highest BCUT2D eigenvalue weighted by Gasteiger charge is 2.31. The average Bonchev–Trinajstić information content (AvgIpc) is 2.93. The quantitative estimate of drug-likeness (QED) is 0.836. The predicted molar refractivity (Wildman–Crippen MR) is 77.9 cm³/mol. The van der Waals surface area contributed by atoms with Crippen LogP contribution in [0.5, 0.6) is 0 Å².